The van der Waals surface area contributed by atoms with Crippen LogP contribution in [0.15, 0.2) is 18.2 Å². The molecule has 100 valence electrons. The van der Waals surface area contributed by atoms with E-state index >= 15 is 0 Å². The molecule has 1 unspecified atom stereocenters. The summed E-state index contributed by atoms with van der Waals surface area (Å²) < 4.78 is 19.2. The number of alkyl halides is 1. The molecule has 1 aromatic rings. The lowest BCUT2D eigenvalue weighted by Crippen LogP contribution is -2.39. The molecule has 0 spiro atoms. The highest BCUT2D eigenvalue weighted by atomic mass is 35.5. The SMILES string of the molecule is CCOC1CCCN(c2cc(F)cc(CCl)c2)C1. The van der Waals surface area contributed by atoms with Gasteiger partial charge in [0.15, 0.2) is 0 Å². The number of ether oxygens (including phenoxy) is 1. The molecule has 0 amide bonds. The maximum Gasteiger partial charge on any atom is 0.125 e. The molecule has 2 nitrogen and oxygen atoms in total. The molecule has 0 radical (unpaired) electrons. The Bertz CT molecular complexity index is 397. The molecule has 1 atom stereocenters. The molecule has 2 rings (SSSR count). The van der Waals surface area contributed by atoms with Crippen LogP contribution in [0.1, 0.15) is 25.3 Å². The number of hydrogen-bond acceptors (Lipinski definition) is 2. The number of rotatable bonds is 4. The van der Waals surface area contributed by atoms with Gasteiger partial charge in [0.25, 0.3) is 0 Å². The molecule has 0 aromatic heterocycles. The summed E-state index contributed by atoms with van der Waals surface area (Å²) in [5.74, 6) is 0.120. The van der Waals surface area contributed by atoms with Crippen molar-refractivity contribution in [2.45, 2.75) is 31.7 Å². The third-order valence-electron chi connectivity index (χ3n) is 3.24. The lowest BCUT2D eigenvalue weighted by atomic mass is 10.1. The van der Waals surface area contributed by atoms with Gasteiger partial charge in [-0.2, -0.15) is 0 Å². The first-order valence-corrected chi connectivity index (χ1v) is 6.98. The number of anilines is 1. The molecule has 0 aliphatic carbocycles. The summed E-state index contributed by atoms with van der Waals surface area (Å²) in [6.45, 7) is 4.52. The first-order valence-electron chi connectivity index (χ1n) is 6.45. The van der Waals surface area contributed by atoms with Gasteiger partial charge in [0, 0.05) is 31.3 Å². The normalized spacial score (nSPS) is 20.2. The van der Waals surface area contributed by atoms with Gasteiger partial charge in [0.05, 0.1) is 6.10 Å². The predicted octanol–water partition coefficient (Wildman–Crippen LogP) is 3.57. The largest absolute Gasteiger partial charge is 0.377 e. The summed E-state index contributed by atoms with van der Waals surface area (Å²) >= 11 is 5.78. The molecule has 1 aliphatic heterocycles. The van der Waals surface area contributed by atoms with Gasteiger partial charge in [-0.1, -0.05) is 0 Å². The zero-order valence-electron chi connectivity index (χ0n) is 10.7. The maximum absolute atomic E-state index is 13.5. The highest BCUT2D eigenvalue weighted by Gasteiger charge is 2.20. The lowest BCUT2D eigenvalue weighted by Gasteiger charge is -2.34. The molecule has 1 saturated heterocycles. The van der Waals surface area contributed by atoms with E-state index in [0.717, 1.165) is 43.8 Å². The summed E-state index contributed by atoms with van der Waals surface area (Å²) in [6, 6.07) is 5.02. The van der Waals surface area contributed by atoms with Crippen LogP contribution in [0, 0.1) is 5.82 Å². The zero-order valence-corrected chi connectivity index (χ0v) is 11.4. The molecule has 1 fully saturated rings. The minimum atomic E-state index is -0.221. The molecule has 1 aliphatic rings. The van der Waals surface area contributed by atoms with Crippen LogP contribution >= 0.6 is 11.6 Å². The topological polar surface area (TPSA) is 12.5 Å². The fraction of sp³-hybridized carbons (Fsp3) is 0.571. The molecule has 1 heterocycles. The van der Waals surface area contributed by atoms with Gasteiger partial charge in [-0.25, -0.2) is 4.39 Å². The third kappa shape index (κ3) is 3.36. The van der Waals surface area contributed by atoms with Crippen LogP contribution in [0.2, 0.25) is 0 Å². The Kier molecular flexibility index (Phi) is 4.84. The molecular weight excluding hydrogens is 253 g/mol. The Morgan fingerprint density at radius 3 is 3.00 bits per heavy atom. The first-order chi connectivity index (χ1) is 8.72. The third-order valence-corrected chi connectivity index (χ3v) is 3.55. The predicted molar refractivity (Wildman–Crippen MR) is 72.8 cm³/mol. The highest BCUT2D eigenvalue weighted by Crippen LogP contribution is 2.24. The average Bonchev–Trinajstić information content (AvgIpc) is 2.39. The van der Waals surface area contributed by atoms with E-state index in [4.69, 9.17) is 16.3 Å². The monoisotopic (exact) mass is 271 g/mol. The smallest absolute Gasteiger partial charge is 0.125 e. The molecule has 4 heteroatoms. The van der Waals surface area contributed by atoms with Crippen LogP contribution in [0.5, 0.6) is 0 Å². The minimum absolute atomic E-state index is 0.221. The summed E-state index contributed by atoms with van der Waals surface area (Å²) in [7, 11) is 0. The molecule has 18 heavy (non-hydrogen) atoms. The Hall–Kier alpha value is -0.800. The van der Waals surface area contributed by atoms with E-state index in [9.17, 15) is 4.39 Å². The van der Waals surface area contributed by atoms with E-state index in [1.807, 2.05) is 13.0 Å². The minimum Gasteiger partial charge on any atom is -0.377 e. The van der Waals surface area contributed by atoms with E-state index in [1.54, 1.807) is 6.07 Å². The standard InChI is InChI=1S/C14H19ClFNO/c1-2-18-14-4-3-5-17(10-14)13-7-11(9-15)6-12(16)8-13/h6-8,14H,2-5,9-10H2,1H3. The molecule has 1 aromatic carbocycles. The van der Waals surface area contributed by atoms with Crippen LogP contribution in [0.4, 0.5) is 10.1 Å². The second kappa shape index (κ2) is 6.39. The van der Waals surface area contributed by atoms with Gasteiger partial charge < -0.3 is 9.64 Å². The Morgan fingerprint density at radius 2 is 2.28 bits per heavy atom. The number of piperidine rings is 1. The van der Waals surface area contributed by atoms with Crippen LogP contribution in [-0.2, 0) is 10.6 Å². The Balaban J connectivity index is 2.12. The number of halogens is 2. The zero-order chi connectivity index (χ0) is 13.0. The number of benzene rings is 1. The second-order valence-electron chi connectivity index (χ2n) is 4.62. The quantitative estimate of drug-likeness (QED) is 0.777. The van der Waals surface area contributed by atoms with Crippen molar-refractivity contribution in [1.29, 1.82) is 0 Å². The van der Waals surface area contributed by atoms with E-state index in [0.29, 0.717) is 5.88 Å². The van der Waals surface area contributed by atoms with Crippen LogP contribution in [0.25, 0.3) is 0 Å². The number of nitrogens with zero attached hydrogens (tertiary/aromatic N) is 1. The molecule has 0 bridgehead atoms. The average molecular weight is 272 g/mol. The lowest BCUT2D eigenvalue weighted by molar-refractivity contribution is 0.0526. The number of hydrogen-bond donors (Lipinski definition) is 0. The van der Waals surface area contributed by atoms with Crippen LogP contribution in [0.3, 0.4) is 0 Å². The van der Waals surface area contributed by atoms with Crippen molar-refractivity contribution in [1.82, 2.24) is 0 Å². The fourth-order valence-corrected chi connectivity index (χ4v) is 2.59. The maximum atomic E-state index is 13.5. The molecule has 0 N–H and O–H groups in total. The summed E-state index contributed by atoms with van der Waals surface area (Å²) in [5.41, 5.74) is 1.74. The van der Waals surface area contributed by atoms with Gasteiger partial charge in [0.2, 0.25) is 0 Å². The van der Waals surface area contributed by atoms with E-state index in [2.05, 4.69) is 4.90 Å². The van der Waals surface area contributed by atoms with Crippen molar-refractivity contribution < 1.29 is 9.13 Å². The van der Waals surface area contributed by atoms with Gasteiger partial charge in [-0.15, -0.1) is 11.6 Å². The summed E-state index contributed by atoms with van der Waals surface area (Å²) in [6.07, 6.45) is 2.42. The summed E-state index contributed by atoms with van der Waals surface area (Å²) in [5, 5.41) is 0. The van der Waals surface area contributed by atoms with E-state index < -0.39 is 0 Å². The van der Waals surface area contributed by atoms with Crippen molar-refractivity contribution >= 4 is 17.3 Å². The van der Waals surface area contributed by atoms with Gasteiger partial charge in [0.1, 0.15) is 5.82 Å². The van der Waals surface area contributed by atoms with Crippen LogP contribution < -0.4 is 4.90 Å². The highest BCUT2D eigenvalue weighted by molar-refractivity contribution is 6.17. The first kappa shape index (κ1) is 13.6. The van der Waals surface area contributed by atoms with Crippen molar-refractivity contribution in [3.8, 4) is 0 Å². The summed E-state index contributed by atoms with van der Waals surface area (Å²) in [4.78, 5) is 2.18. The molecule has 0 saturated carbocycles. The van der Waals surface area contributed by atoms with Gasteiger partial charge in [-0.3, -0.25) is 0 Å². The van der Waals surface area contributed by atoms with Crippen LogP contribution in [-0.4, -0.2) is 25.8 Å². The van der Waals surface area contributed by atoms with Crippen molar-refractivity contribution in [3.63, 3.8) is 0 Å². The fourth-order valence-electron chi connectivity index (χ4n) is 2.44. The van der Waals surface area contributed by atoms with Gasteiger partial charge >= 0.3 is 0 Å². The molecular formula is C14H19ClFNO. The van der Waals surface area contributed by atoms with Crippen molar-refractivity contribution in [3.05, 3.63) is 29.6 Å². The van der Waals surface area contributed by atoms with E-state index in [1.165, 1.54) is 6.07 Å². The Labute approximate surface area is 113 Å². The Morgan fingerprint density at radius 1 is 1.44 bits per heavy atom. The van der Waals surface area contributed by atoms with Crippen molar-refractivity contribution in [2.75, 3.05) is 24.6 Å². The van der Waals surface area contributed by atoms with E-state index in [-0.39, 0.29) is 11.9 Å². The van der Waals surface area contributed by atoms with Gasteiger partial charge in [-0.05, 0) is 43.5 Å². The second-order valence-corrected chi connectivity index (χ2v) is 4.88. The van der Waals surface area contributed by atoms with Crippen molar-refractivity contribution in [2.24, 2.45) is 0 Å².